The molecule has 0 spiro atoms. The number of alkyl halides is 9. The maximum absolute atomic E-state index is 11.9. The molecule has 17 nitrogen and oxygen atoms in total. The van der Waals surface area contributed by atoms with Crippen LogP contribution in [0.1, 0.15) is 176 Å². The molecule has 2 aliphatic rings. The van der Waals surface area contributed by atoms with E-state index >= 15 is 0 Å². The Labute approximate surface area is 500 Å². The lowest BCUT2D eigenvalue weighted by molar-refractivity contribution is -0.130. The molecule has 0 aromatic rings. The molecule has 2 heterocycles. The summed E-state index contributed by atoms with van der Waals surface area (Å²) < 4.78 is 186. The third-order valence-corrected chi connectivity index (χ3v) is 14.5. The maximum Gasteiger partial charge on any atom is 1.00 e. The van der Waals surface area contributed by atoms with Crippen LogP contribution >= 0.6 is 0 Å². The molecule has 1 amide bonds. The number of aliphatic hydroxyl groups is 2. The van der Waals surface area contributed by atoms with E-state index in [-0.39, 0.29) is 40.7 Å². The highest BCUT2D eigenvalue weighted by atomic mass is 32.3. The summed E-state index contributed by atoms with van der Waals surface area (Å²) in [5, 5.41) is 17.5. The monoisotopic (exact) mass is 1300 g/mol. The van der Waals surface area contributed by atoms with Crippen molar-refractivity contribution in [2.75, 3.05) is 72.5 Å². The Hall–Kier alpha value is -3.42. The zero-order valence-electron chi connectivity index (χ0n) is 51.0. The zero-order chi connectivity index (χ0) is 64.1. The van der Waals surface area contributed by atoms with Crippen LogP contribution in [0.5, 0.6) is 0 Å². The van der Waals surface area contributed by atoms with Gasteiger partial charge in [0.05, 0.1) is 39.6 Å². The second-order valence-corrected chi connectivity index (χ2v) is 23.7. The van der Waals surface area contributed by atoms with Crippen LogP contribution < -0.4 is 0 Å². The second kappa shape index (κ2) is 53.8. The minimum absolute atomic E-state index is 0. The third-order valence-electron chi connectivity index (χ3n) is 10.9. The van der Waals surface area contributed by atoms with Gasteiger partial charge in [0.25, 0.3) is 0 Å². The summed E-state index contributed by atoms with van der Waals surface area (Å²) >= 11 is 0. The number of aliphatic hydroxyl groups excluding tert-OH is 2. The standard InChI is InChI=1S/C17H33NO3.C12H21F3O3S.C11H22O.C5H8.C4H7NO.C2F6O5S2.C2H4O.2CH4.H2O/c1-5-15(2)8-9-16(3)7-6-13-21-14-11-18(10-12-19)17(4)20;1-4-10(2)7-8-11(3)6-5-9-18-19(16,17)12(13,14)15;1-4-10(2)7-8-11(3)6-5-9-12;1-4-5(2)3;1-4-5-2-3-6-4;3-1(4,5)14(9,10)13-15(11,12)2(6,7)8;1-2-3-1;;;/h9,15,19H,5-8,10-14H2,1-4H3;8,10H,4-7,9H2,1-3H3;8,10,12H,4-7,9H2,1-3H3;4H,1-2H2,3H3;2-3H2,1H3;;1-2H2;2*1H4;1H2. The fraction of sp³-hybridized carbons (Fsp3) is 0.782. The summed E-state index contributed by atoms with van der Waals surface area (Å²) in [5.74, 6) is 2.94. The number of carbonyl (C=O) groups is 1. The molecule has 0 bridgehead atoms. The first kappa shape index (κ1) is 96.9. The number of allylic oxidation sites excluding steroid dienone is 8. The van der Waals surface area contributed by atoms with Gasteiger partial charge in [0.2, 0.25) is 5.91 Å². The number of ether oxygens (including phenoxy) is 3. The Kier molecular flexibility index (Phi) is 62.0. The van der Waals surface area contributed by atoms with Crippen molar-refractivity contribution >= 4 is 42.2 Å². The Balaban J connectivity index is -0.000000119. The minimum Gasteiger partial charge on any atom is -0.870 e. The van der Waals surface area contributed by atoms with E-state index in [2.05, 4.69) is 94.6 Å². The van der Waals surface area contributed by atoms with E-state index in [0.717, 1.165) is 107 Å². The van der Waals surface area contributed by atoms with Crippen LogP contribution in [-0.2, 0) is 57.2 Å². The number of amides is 1. The number of halogens is 9. The SMILES string of the molecule is C.C.C1CO1.C=CC(=C)C.CC1=NCCO1.CCC(C)CC=C(C)CCCO.CCC(C)CC=C(C)CCCOCCN(CCO)C(C)=O.CCC(C)CC=C(C)CCCOS(=O)(=O)C(F)(F)F.O=S(=O)(OS(=O)(=O)C(F)(F)F)C(F)(F)F.[H+].[OH-]. The van der Waals surface area contributed by atoms with Crippen molar-refractivity contribution in [1.29, 1.82) is 0 Å². The predicted octanol–water partition coefficient (Wildman–Crippen LogP) is 14.3. The van der Waals surface area contributed by atoms with E-state index in [4.69, 9.17) is 19.7 Å². The molecule has 1 fully saturated rings. The van der Waals surface area contributed by atoms with Crippen molar-refractivity contribution in [2.24, 2.45) is 22.7 Å². The molecule has 3 N–H and O–H groups in total. The minimum atomic E-state index is -6.85. The van der Waals surface area contributed by atoms with Crippen molar-refractivity contribution in [1.82, 2.24) is 4.90 Å². The van der Waals surface area contributed by atoms with Gasteiger partial charge in [-0.1, -0.05) is 135 Å². The molecule has 0 aromatic carbocycles. The molecule has 2 rings (SSSR count). The molecule has 84 heavy (non-hydrogen) atoms. The number of hydrogen-bond acceptors (Lipinski definition) is 16. The lowest BCUT2D eigenvalue weighted by atomic mass is 10.0. The number of rotatable bonds is 29. The van der Waals surface area contributed by atoms with Crippen LogP contribution in [0.15, 0.2) is 64.7 Å². The summed E-state index contributed by atoms with van der Waals surface area (Å²) in [6.45, 7) is 37.4. The van der Waals surface area contributed by atoms with Crippen molar-refractivity contribution < 1.29 is 109 Å². The van der Waals surface area contributed by atoms with Gasteiger partial charge in [0, 0.05) is 40.2 Å². The van der Waals surface area contributed by atoms with Gasteiger partial charge in [0.15, 0.2) is 5.90 Å². The highest BCUT2D eigenvalue weighted by Crippen LogP contribution is 2.32. The van der Waals surface area contributed by atoms with Crippen LogP contribution in [0, 0.1) is 17.8 Å². The molecule has 506 valence electrons. The van der Waals surface area contributed by atoms with Crippen LogP contribution in [-0.4, -0.2) is 147 Å². The van der Waals surface area contributed by atoms with Crippen LogP contribution in [0.25, 0.3) is 0 Å². The molecule has 0 aromatic heterocycles. The number of epoxide rings is 1. The largest absolute Gasteiger partial charge is 1.00 e. The van der Waals surface area contributed by atoms with E-state index in [1.807, 2.05) is 30.5 Å². The van der Waals surface area contributed by atoms with Gasteiger partial charge in [-0.25, -0.2) is 0 Å². The first-order valence-electron chi connectivity index (χ1n) is 26.5. The van der Waals surface area contributed by atoms with Gasteiger partial charge in [-0.3, -0.25) is 14.0 Å². The molecular formula is C55H105F9N2O15S3. The predicted molar refractivity (Wildman–Crippen MR) is 317 cm³/mol. The highest BCUT2D eigenvalue weighted by molar-refractivity contribution is 8.00. The second-order valence-electron chi connectivity index (χ2n) is 18.8. The molecule has 0 saturated carbocycles. The quantitative estimate of drug-likeness (QED) is 0.0134. The van der Waals surface area contributed by atoms with Crippen molar-refractivity contribution in [3.63, 3.8) is 0 Å². The zero-order valence-corrected chi connectivity index (χ0v) is 52.4. The van der Waals surface area contributed by atoms with Gasteiger partial charge in [0.1, 0.15) is 6.61 Å². The van der Waals surface area contributed by atoms with Crippen LogP contribution in [0.3, 0.4) is 0 Å². The molecule has 0 aliphatic carbocycles. The van der Waals surface area contributed by atoms with E-state index in [1.165, 1.54) is 37.3 Å². The Morgan fingerprint density at radius 1 is 0.655 bits per heavy atom. The number of carbonyl (C=O) groups excluding carboxylic acids is 1. The number of hydrogen-bond donors (Lipinski definition) is 2. The number of nitrogens with zero attached hydrogens (tertiary/aromatic N) is 2. The van der Waals surface area contributed by atoms with E-state index in [0.29, 0.717) is 38.6 Å². The smallest absolute Gasteiger partial charge is 0.870 e. The Bertz CT molecular complexity index is 2110. The summed E-state index contributed by atoms with van der Waals surface area (Å²) in [5.41, 5.74) is -12.9. The first-order valence-corrected chi connectivity index (χ1v) is 30.7. The molecule has 3 atom stereocenters. The molecule has 1 saturated heterocycles. The van der Waals surface area contributed by atoms with Crippen molar-refractivity contribution in [3.8, 4) is 0 Å². The topological polar surface area (TPSA) is 255 Å². The molecule has 3 unspecified atom stereocenters. The van der Waals surface area contributed by atoms with Crippen molar-refractivity contribution in [2.45, 2.75) is 192 Å². The molecular weight excluding hydrogens is 1200 g/mol. The maximum atomic E-state index is 11.9. The Morgan fingerprint density at radius 2 is 1.01 bits per heavy atom. The van der Waals surface area contributed by atoms with Gasteiger partial charge in [-0.15, -0.1) is 3.63 Å². The fourth-order valence-corrected chi connectivity index (χ4v) is 6.90. The molecule has 29 heteroatoms. The summed E-state index contributed by atoms with van der Waals surface area (Å²) in [4.78, 5) is 16.8. The average Bonchev–Trinajstić information content (AvgIpc) is 4.19. The summed E-state index contributed by atoms with van der Waals surface area (Å²) in [7, 11) is -19.1. The average molecular weight is 1300 g/mol. The Morgan fingerprint density at radius 3 is 1.26 bits per heavy atom. The van der Waals surface area contributed by atoms with Gasteiger partial charge in [-0.05, 0) is 103 Å². The third kappa shape index (κ3) is 60.3. The first-order chi connectivity index (χ1) is 37.2. The fourth-order valence-electron chi connectivity index (χ4n) is 4.87. The highest BCUT2D eigenvalue weighted by Gasteiger charge is 2.57. The van der Waals surface area contributed by atoms with Crippen LogP contribution in [0.2, 0.25) is 0 Å². The van der Waals surface area contributed by atoms with Gasteiger partial charge >= 0.3 is 48.3 Å². The van der Waals surface area contributed by atoms with E-state index in [1.54, 1.807) is 11.0 Å². The van der Waals surface area contributed by atoms with E-state index in [9.17, 15) is 69.6 Å². The van der Waals surface area contributed by atoms with E-state index < -0.39 is 53.5 Å². The number of aliphatic imine (C=N–C) groups is 1. The lowest BCUT2D eigenvalue weighted by Crippen LogP contribution is -2.34. The van der Waals surface area contributed by atoms with Gasteiger partial charge in [-0.2, -0.15) is 64.8 Å². The summed E-state index contributed by atoms with van der Waals surface area (Å²) in [6, 6.07) is 0. The van der Waals surface area contributed by atoms with Crippen molar-refractivity contribution in [3.05, 3.63) is 59.8 Å². The van der Waals surface area contributed by atoms with Crippen LogP contribution in [0.4, 0.5) is 39.5 Å². The van der Waals surface area contributed by atoms with Gasteiger partial charge < -0.3 is 34.8 Å². The molecule has 2 aliphatic heterocycles. The lowest BCUT2D eigenvalue weighted by Gasteiger charge is -2.19. The summed E-state index contributed by atoms with van der Waals surface area (Å²) in [6.07, 6.45) is 20.1. The molecule has 0 radical (unpaired) electrons. The normalized spacial score (nSPS) is 14.4.